The van der Waals surface area contributed by atoms with E-state index >= 15 is 0 Å². The fourth-order valence-corrected chi connectivity index (χ4v) is 1.80. The number of rotatable bonds is 5. The highest BCUT2D eigenvalue weighted by molar-refractivity contribution is 9.10. The number of carbonyl (C=O) groups excluding carboxylic acids is 1. The maximum atomic E-state index is 13.3. The van der Waals surface area contributed by atoms with Crippen LogP contribution in [-0.4, -0.2) is 27.6 Å². The van der Waals surface area contributed by atoms with E-state index in [4.69, 9.17) is 0 Å². The number of carbonyl (C=O) groups is 1. The van der Waals surface area contributed by atoms with Crippen LogP contribution in [0.2, 0.25) is 0 Å². The Labute approximate surface area is 117 Å². The van der Waals surface area contributed by atoms with Gasteiger partial charge in [0, 0.05) is 18.5 Å². The van der Waals surface area contributed by atoms with Crippen LogP contribution in [0, 0.1) is 5.82 Å². The van der Waals surface area contributed by atoms with Crippen molar-refractivity contribution >= 4 is 21.8 Å². The molecule has 19 heavy (non-hydrogen) atoms. The monoisotopic (exact) mass is 326 g/mol. The predicted molar refractivity (Wildman–Crippen MR) is 71.1 cm³/mol. The first kappa shape index (κ1) is 13.7. The molecule has 0 aliphatic rings. The van der Waals surface area contributed by atoms with Crippen molar-refractivity contribution in [3.63, 3.8) is 0 Å². The normalized spacial score (nSPS) is 10.4. The lowest BCUT2D eigenvalue weighted by Gasteiger charge is -2.05. The van der Waals surface area contributed by atoms with Gasteiger partial charge in [0.1, 0.15) is 18.0 Å². The third-order valence-electron chi connectivity index (χ3n) is 2.52. The maximum Gasteiger partial charge on any atom is 0.251 e. The standard InChI is InChI=1S/C12H12BrFN4O/c13-9-4-3-8(6-10(9)14)12(19)15-5-1-2-11-16-7-17-18-11/h3-4,6-7H,1-2,5H2,(H,15,19)(H,16,17,18). The highest BCUT2D eigenvalue weighted by Crippen LogP contribution is 2.16. The van der Waals surface area contributed by atoms with Gasteiger partial charge in [-0.1, -0.05) is 0 Å². The van der Waals surface area contributed by atoms with E-state index in [0.717, 1.165) is 12.2 Å². The van der Waals surface area contributed by atoms with Crippen LogP contribution in [0.5, 0.6) is 0 Å². The molecule has 0 bridgehead atoms. The van der Waals surface area contributed by atoms with E-state index in [-0.39, 0.29) is 5.91 Å². The van der Waals surface area contributed by atoms with Gasteiger partial charge in [-0.2, -0.15) is 5.10 Å². The summed E-state index contributed by atoms with van der Waals surface area (Å²) >= 11 is 3.04. The quantitative estimate of drug-likeness (QED) is 0.826. The minimum atomic E-state index is -0.450. The lowest BCUT2D eigenvalue weighted by Crippen LogP contribution is -2.24. The number of nitrogens with one attached hydrogen (secondary N) is 2. The molecule has 1 amide bonds. The summed E-state index contributed by atoms with van der Waals surface area (Å²) in [7, 11) is 0. The fourth-order valence-electron chi connectivity index (χ4n) is 1.55. The number of amides is 1. The van der Waals surface area contributed by atoms with Gasteiger partial charge >= 0.3 is 0 Å². The molecule has 2 rings (SSSR count). The second-order valence-corrected chi connectivity index (χ2v) is 4.77. The lowest BCUT2D eigenvalue weighted by atomic mass is 10.2. The Balaban J connectivity index is 1.79. The second-order valence-electron chi connectivity index (χ2n) is 3.92. The van der Waals surface area contributed by atoms with Gasteiger partial charge in [-0.3, -0.25) is 9.89 Å². The SMILES string of the molecule is O=C(NCCCc1ncn[nH]1)c1ccc(Br)c(F)c1. The van der Waals surface area contributed by atoms with E-state index in [9.17, 15) is 9.18 Å². The lowest BCUT2D eigenvalue weighted by molar-refractivity contribution is 0.0952. The topological polar surface area (TPSA) is 70.7 Å². The molecule has 0 fully saturated rings. The maximum absolute atomic E-state index is 13.3. The molecule has 100 valence electrons. The minimum absolute atomic E-state index is 0.288. The molecule has 0 saturated carbocycles. The molecule has 0 unspecified atom stereocenters. The van der Waals surface area contributed by atoms with Crippen LogP contribution in [0.25, 0.3) is 0 Å². The van der Waals surface area contributed by atoms with Crippen LogP contribution in [0.15, 0.2) is 29.0 Å². The first-order valence-electron chi connectivity index (χ1n) is 5.74. The number of aromatic amines is 1. The zero-order valence-corrected chi connectivity index (χ0v) is 11.6. The van der Waals surface area contributed by atoms with Gasteiger partial charge in [0.05, 0.1) is 4.47 Å². The van der Waals surface area contributed by atoms with E-state index in [1.54, 1.807) is 6.07 Å². The Morgan fingerprint density at radius 2 is 2.32 bits per heavy atom. The summed E-state index contributed by atoms with van der Waals surface area (Å²) in [5.74, 6) is 0.0437. The Morgan fingerprint density at radius 3 is 3.00 bits per heavy atom. The predicted octanol–water partition coefficient (Wildman–Crippen LogP) is 2.07. The molecule has 0 spiro atoms. The van der Waals surface area contributed by atoms with Crippen molar-refractivity contribution in [1.82, 2.24) is 20.5 Å². The minimum Gasteiger partial charge on any atom is -0.352 e. The third kappa shape index (κ3) is 3.85. The van der Waals surface area contributed by atoms with Gasteiger partial charge < -0.3 is 5.32 Å². The Hall–Kier alpha value is -1.76. The van der Waals surface area contributed by atoms with Crippen LogP contribution in [0.1, 0.15) is 22.6 Å². The zero-order chi connectivity index (χ0) is 13.7. The highest BCUT2D eigenvalue weighted by atomic mass is 79.9. The van der Waals surface area contributed by atoms with Gasteiger partial charge in [0.2, 0.25) is 0 Å². The van der Waals surface area contributed by atoms with Crippen LogP contribution >= 0.6 is 15.9 Å². The summed E-state index contributed by atoms with van der Waals surface area (Å²) in [6.45, 7) is 0.497. The number of aryl methyl sites for hydroxylation is 1. The summed E-state index contributed by atoms with van der Waals surface area (Å²) < 4.78 is 13.6. The van der Waals surface area contributed by atoms with Crippen molar-refractivity contribution in [3.8, 4) is 0 Å². The van der Waals surface area contributed by atoms with Gasteiger partial charge in [-0.25, -0.2) is 9.37 Å². The number of benzene rings is 1. The molecule has 1 heterocycles. The van der Waals surface area contributed by atoms with Gasteiger partial charge in [0.25, 0.3) is 5.91 Å². The van der Waals surface area contributed by atoms with Crippen molar-refractivity contribution < 1.29 is 9.18 Å². The Kier molecular flexibility index (Phi) is 4.62. The Morgan fingerprint density at radius 1 is 1.47 bits per heavy atom. The molecule has 0 aliphatic carbocycles. The van der Waals surface area contributed by atoms with Gasteiger partial charge in [-0.05, 0) is 40.5 Å². The number of H-pyrrole nitrogens is 1. The molecule has 1 aromatic heterocycles. The molecule has 0 saturated heterocycles. The molecule has 0 atom stereocenters. The molecule has 0 aliphatic heterocycles. The second kappa shape index (κ2) is 6.42. The van der Waals surface area contributed by atoms with E-state index in [1.165, 1.54) is 18.5 Å². The van der Waals surface area contributed by atoms with Crippen molar-refractivity contribution in [3.05, 3.63) is 46.2 Å². The summed E-state index contributed by atoms with van der Waals surface area (Å²) in [5.41, 5.74) is 0.306. The fraction of sp³-hybridized carbons (Fsp3) is 0.250. The molecule has 7 heteroatoms. The third-order valence-corrected chi connectivity index (χ3v) is 3.17. The highest BCUT2D eigenvalue weighted by Gasteiger charge is 2.08. The van der Waals surface area contributed by atoms with Crippen molar-refractivity contribution in [1.29, 1.82) is 0 Å². The zero-order valence-electron chi connectivity index (χ0n) is 9.99. The first-order valence-corrected chi connectivity index (χ1v) is 6.53. The molecular formula is C12H12BrFN4O. The largest absolute Gasteiger partial charge is 0.352 e. The average molecular weight is 327 g/mol. The molecular weight excluding hydrogens is 315 g/mol. The number of halogens is 2. The molecule has 2 N–H and O–H groups in total. The van der Waals surface area contributed by atoms with E-state index < -0.39 is 5.82 Å². The average Bonchev–Trinajstić information content (AvgIpc) is 2.91. The number of hydrogen-bond acceptors (Lipinski definition) is 3. The van der Waals surface area contributed by atoms with Crippen molar-refractivity contribution in [2.24, 2.45) is 0 Å². The van der Waals surface area contributed by atoms with Crippen molar-refractivity contribution in [2.45, 2.75) is 12.8 Å². The van der Waals surface area contributed by atoms with E-state index in [1.807, 2.05) is 0 Å². The molecule has 1 aromatic carbocycles. The molecule has 0 radical (unpaired) electrons. The Bertz CT molecular complexity index is 559. The van der Waals surface area contributed by atoms with Crippen LogP contribution in [-0.2, 0) is 6.42 Å². The van der Waals surface area contributed by atoms with E-state index in [2.05, 4.69) is 36.4 Å². The van der Waals surface area contributed by atoms with Crippen molar-refractivity contribution in [2.75, 3.05) is 6.54 Å². The van der Waals surface area contributed by atoms with E-state index in [0.29, 0.717) is 23.0 Å². The number of hydrogen-bond donors (Lipinski definition) is 2. The van der Waals surface area contributed by atoms with Gasteiger partial charge in [-0.15, -0.1) is 0 Å². The van der Waals surface area contributed by atoms with Crippen LogP contribution in [0.3, 0.4) is 0 Å². The summed E-state index contributed by atoms with van der Waals surface area (Å²) in [4.78, 5) is 15.7. The number of nitrogens with zero attached hydrogens (tertiary/aromatic N) is 2. The number of aromatic nitrogens is 3. The summed E-state index contributed by atoms with van der Waals surface area (Å²) in [6.07, 6.45) is 2.88. The summed E-state index contributed by atoms with van der Waals surface area (Å²) in [5, 5.41) is 9.20. The van der Waals surface area contributed by atoms with Crippen LogP contribution in [0.4, 0.5) is 4.39 Å². The summed E-state index contributed by atoms with van der Waals surface area (Å²) in [6, 6.07) is 4.29. The van der Waals surface area contributed by atoms with Crippen LogP contribution < -0.4 is 5.32 Å². The van der Waals surface area contributed by atoms with Gasteiger partial charge in [0.15, 0.2) is 0 Å². The molecule has 2 aromatic rings. The first-order chi connectivity index (χ1) is 9.16. The smallest absolute Gasteiger partial charge is 0.251 e. The molecule has 5 nitrogen and oxygen atoms in total.